The van der Waals surface area contributed by atoms with Crippen molar-refractivity contribution < 1.29 is 13.9 Å². The van der Waals surface area contributed by atoms with Crippen molar-refractivity contribution in [1.29, 1.82) is 0 Å². The Kier molecular flexibility index (Phi) is 4.70. The topological polar surface area (TPSA) is 56.1 Å². The van der Waals surface area contributed by atoms with Gasteiger partial charge in [-0.05, 0) is 18.6 Å². The van der Waals surface area contributed by atoms with E-state index in [1.54, 1.807) is 29.2 Å². The molecule has 0 aliphatic rings. The van der Waals surface area contributed by atoms with Crippen molar-refractivity contribution in [3.05, 3.63) is 42.5 Å². The molecule has 0 bridgehead atoms. The third-order valence-corrected chi connectivity index (χ3v) is 2.58. The molecule has 106 valence electrons. The van der Waals surface area contributed by atoms with Gasteiger partial charge in [0.25, 0.3) is 5.91 Å². The molecule has 1 N–H and O–H groups in total. The Morgan fingerprint density at radius 3 is 3.00 bits per heavy atom. The Hall–Kier alpha value is -2.37. The predicted molar refractivity (Wildman–Crippen MR) is 73.0 cm³/mol. The number of hydrogen-bond acceptors (Lipinski definition) is 3. The van der Waals surface area contributed by atoms with Gasteiger partial charge in [-0.25, -0.2) is 4.39 Å². The molecule has 20 heavy (non-hydrogen) atoms. The third kappa shape index (κ3) is 3.81. The monoisotopic (exact) mass is 277 g/mol. The van der Waals surface area contributed by atoms with Crippen LogP contribution < -0.4 is 10.1 Å². The number of para-hydroxylation sites is 1. The summed E-state index contributed by atoms with van der Waals surface area (Å²) in [6.07, 6.45) is 4.24. The van der Waals surface area contributed by atoms with Gasteiger partial charge in [-0.3, -0.25) is 9.48 Å². The largest absolute Gasteiger partial charge is 0.480 e. The number of aryl methyl sites for hydroxylation is 1. The summed E-state index contributed by atoms with van der Waals surface area (Å²) in [4.78, 5) is 11.6. The number of hydrogen-bond donors (Lipinski definition) is 1. The fraction of sp³-hybridized carbons (Fsp3) is 0.286. The van der Waals surface area contributed by atoms with E-state index >= 15 is 0 Å². The molecule has 0 aliphatic heterocycles. The zero-order valence-corrected chi connectivity index (χ0v) is 11.2. The number of halogens is 1. The van der Waals surface area contributed by atoms with E-state index in [9.17, 15) is 9.18 Å². The van der Waals surface area contributed by atoms with Gasteiger partial charge in [0, 0.05) is 6.54 Å². The van der Waals surface area contributed by atoms with Crippen LogP contribution in [0.2, 0.25) is 0 Å². The molecule has 0 saturated carbocycles. The van der Waals surface area contributed by atoms with Crippen molar-refractivity contribution in [2.24, 2.45) is 0 Å². The van der Waals surface area contributed by atoms with E-state index in [-0.39, 0.29) is 12.3 Å². The number of benzene rings is 1. The normalized spacial score (nSPS) is 10.3. The number of carbonyl (C=O) groups excluding carboxylic acids is 1. The number of nitrogens with one attached hydrogen (secondary N) is 1. The van der Waals surface area contributed by atoms with Crippen LogP contribution in [0.1, 0.15) is 13.3 Å². The quantitative estimate of drug-likeness (QED) is 0.882. The van der Waals surface area contributed by atoms with Crippen LogP contribution in [0.4, 0.5) is 10.1 Å². The molecule has 0 saturated heterocycles. The van der Waals surface area contributed by atoms with E-state index in [1.165, 1.54) is 12.1 Å². The highest BCUT2D eigenvalue weighted by atomic mass is 19.1. The molecule has 2 aromatic rings. The van der Waals surface area contributed by atoms with Gasteiger partial charge in [-0.2, -0.15) is 5.10 Å². The number of nitrogens with zero attached hydrogens (tertiary/aromatic N) is 2. The zero-order valence-electron chi connectivity index (χ0n) is 11.2. The summed E-state index contributed by atoms with van der Waals surface area (Å²) in [5.74, 6) is -0.378. The summed E-state index contributed by atoms with van der Waals surface area (Å²) in [5, 5.41) is 6.53. The van der Waals surface area contributed by atoms with Gasteiger partial charge in [0.05, 0.1) is 18.1 Å². The van der Waals surface area contributed by atoms with E-state index in [2.05, 4.69) is 10.4 Å². The van der Waals surface area contributed by atoms with Gasteiger partial charge in [0.2, 0.25) is 0 Å². The maximum Gasteiger partial charge on any atom is 0.262 e. The first kappa shape index (κ1) is 14.0. The van der Waals surface area contributed by atoms with Crippen molar-refractivity contribution in [1.82, 2.24) is 9.78 Å². The van der Waals surface area contributed by atoms with Crippen LogP contribution in [-0.4, -0.2) is 22.3 Å². The van der Waals surface area contributed by atoms with Gasteiger partial charge in [0.15, 0.2) is 12.4 Å². The zero-order chi connectivity index (χ0) is 14.4. The van der Waals surface area contributed by atoms with Crippen LogP contribution in [0.3, 0.4) is 0 Å². The van der Waals surface area contributed by atoms with E-state index in [4.69, 9.17) is 4.74 Å². The second-order valence-corrected chi connectivity index (χ2v) is 4.26. The lowest BCUT2D eigenvalue weighted by Gasteiger charge is -2.06. The molecule has 5 nitrogen and oxygen atoms in total. The number of aromatic nitrogens is 2. The molecule has 6 heteroatoms. The third-order valence-electron chi connectivity index (χ3n) is 2.58. The van der Waals surface area contributed by atoms with E-state index in [1.807, 2.05) is 6.92 Å². The molecule has 0 spiro atoms. The van der Waals surface area contributed by atoms with Crippen molar-refractivity contribution in [2.45, 2.75) is 19.9 Å². The SMILES string of the molecule is CCCn1cc(OCC(=O)Nc2ccccc2F)cn1. The summed E-state index contributed by atoms with van der Waals surface area (Å²) < 4.78 is 20.4. The summed E-state index contributed by atoms with van der Waals surface area (Å²) in [7, 11) is 0. The standard InChI is InChI=1S/C14H16FN3O2/c1-2-7-18-9-11(8-16-18)20-10-14(19)17-13-6-4-3-5-12(13)15/h3-6,8-9H,2,7,10H2,1H3,(H,17,19). The molecule has 0 radical (unpaired) electrons. The summed E-state index contributed by atoms with van der Waals surface area (Å²) in [6.45, 7) is 2.65. The summed E-state index contributed by atoms with van der Waals surface area (Å²) in [6, 6.07) is 5.98. The second kappa shape index (κ2) is 6.70. The Bertz CT molecular complexity index is 583. The number of anilines is 1. The minimum absolute atomic E-state index is 0.141. The predicted octanol–water partition coefficient (Wildman–Crippen LogP) is 2.45. The molecule has 0 atom stereocenters. The van der Waals surface area contributed by atoms with Gasteiger partial charge < -0.3 is 10.1 Å². The second-order valence-electron chi connectivity index (χ2n) is 4.26. The van der Waals surface area contributed by atoms with Crippen LogP contribution >= 0.6 is 0 Å². The molecular formula is C14H16FN3O2. The Morgan fingerprint density at radius 1 is 1.45 bits per heavy atom. The summed E-state index contributed by atoms with van der Waals surface area (Å²) in [5.41, 5.74) is 0.141. The molecule has 0 aliphatic carbocycles. The van der Waals surface area contributed by atoms with Crippen LogP contribution in [-0.2, 0) is 11.3 Å². The molecule has 1 aromatic carbocycles. The van der Waals surface area contributed by atoms with Crippen molar-refractivity contribution in [2.75, 3.05) is 11.9 Å². The van der Waals surface area contributed by atoms with Crippen molar-refractivity contribution in [3.63, 3.8) is 0 Å². The average molecular weight is 277 g/mol. The van der Waals surface area contributed by atoms with Gasteiger partial charge in [-0.1, -0.05) is 19.1 Å². The smallest absolute Gasteiger partial charge is 0.262 e. The number of ether oxygens (including phenoxy) is 1. The molecule has 0 unspecified atom stereocenters. The Morgan fingerprint density at radius 2 is 2.25 bits per heavy atom. The van der Waals surface area contributed by atoms with Crippen LogP contribution in [0.15, 0.2) is 36.7 Å². The first-order valence-electron chi connectivity index (χ1n) is 6.38. The molecule has 1 heterocycles. The first-order valence-corrected chi connectivity index (χ1v) is 6.38. The molecule has 0 fully saturated rings. The number of carbonyl (C=O) groups is 1. The molecule has 1 amide bonds. The van der Waals surface area contributed by atoms with Crippen LogP contribution in [0, 0.1) is 5.82 Å². The summed E-state index contributed by atoms with van der Waals surface area (Å²) >= 11 is 0. The highest BCUT2D eigenvalue weighted by Crippen LogP contribution is 2.13. The van der Waals surface area contributed by atoms with Crippen LogP contribution in [0.25, 0.3) is 0 Å². The molecule has 1 aromatic heterocycles. The highest BCUT2D eigenvalue weighted by Gasteiger charge is 2.07. The maximum atomic E-state index is 13.3. The Labute approximate surface area is 116 Å². The van der Waals surface area contributed by atoms with E-state index < -0.39 is 11.7 Å². The van der Waals surface area contributed by atoms with Crippen molar-refractivity contribution >= 4 is 11.6 Å². The molecular weight excluding hydrogens is 261 g/mol. The number of rotatable bonds is 6. The van der Waals surface area contributed by atoms with Crippen molar-refractivity contribution in [3.8, 4) is 5.75 Å². The number of amides is 1. The average Bonchev–Trinajstić information content (AvgIpc) is 2.87. The highest BCUT2D eigenvalue weighted by molar-refractivity contribution is 5.91. The fourth-order valence-electron chi connectivity index (χ4n) is 1.67. The lowest BCUT2D eigenvalue weighted by atomic mass is 10.3. The lowest BCUT2D eigenvalue weighted by molar-refractivity contribution is -0.118. The first-order chi connectivity index (χ1) is 9.69. The maximum absolute atomic E-state index is 13.3. The molecule has 2 rings (SSSR count). The van der Waals surface area contributed by atoms with E-state index in [0.717, 1.165) is 13.0 Å². The van der Waals surface area contributed by atoms with Gasteiger partial charge >= 0.3 is 0 Å². The van der Waals surface area contributed by atoms with Crippen LogP contribution in [0.5, 0.6) is 5.75 Å². The van der Waals surface area contributed by atoms with Gasteiger partial charge in [0.1, 0.15) is 5.82 Å². The minimum Gasteiger partial charge on any atom is -0.480 e. The van der Waals surface area contributed by atoms with E-state index in [0.29, 0.717) is 5.75 Å². The fourth-order valence-corrected chi connectivity index (χ4v) is 1.67. The lowest BCUT2D eigenvalue weighted by Crippen LogP contribution is -2.20. The van der Waals surface area contributed by atoms with Gasteiger partial charge in [-0.15, -0.1) is 0 Å². The Balaban J connectivity index is 1.84. The minimum atomic E-state index is -0.475.